The average molecular weight is 373 g/mol. The second-order valence-electron chi connectivity index (χ2n) is 7.58. The van der Waals surface area contributed by atoms with E-state index in [1.807, 2.05) is 37.3 Å². The molecule has 1 heterocycles. The van der Waals surface area contributed by atoms with E-state index in [-0.39, 0.29) is 11.0 Å². The molecule has 0 radical (unpaired) electrons. The van der Waals surface area contributed by atoms with Gasteiger partial charge in [0.2, 0.25) is 5.88 Å². The van der Waals surface area contributed by atoms with Gasteiger partial charge in [0.05, 0.1) is 29.6 Å². The molecule has 5 heteroatoms. The van der Waals surface area contributed by atoms with E-state index >= 15 is 0 Å². The molecule has 1 aromatic carbocycles. The van der Waals surface area contributed by atoms with Crippen LogP contribution in [0.1, 0.15) is 45.4 Å². The van der Waals surface area contributed by atoms with Crippen molar-refractivity contribution in [3.8, 4) is 0 Å². The normalized spacial score (nSPS) is 28.1. The van der Waals surface area contributed by atoms with Crippen LogP contribution in [0.15, 0.2) is 54.8 Å². The summed E-state index contributed by atoms with van der Waals surface area (Å²) in [5.74, 6) is 1.36. The van der Waals surface area contributed by atoms with E-state index < -0.39 is 0 Å². The summed E-state index contributed by atoms with van der Waals surface area (Å²) in [5.41, 5.74) is 6.58. The molecule has 27 heavy (non-hydrogen) atoms. The van der Waals surface area contributed by atoms with Crippen molar-refractivity contribution >= 4 is 5.69 Å². The molecule has 5 nitrogen and oxygen atoms in total. The third-order valence-electron chi connectivity index (χ3n) is 5.91. The zero-order valence-corrected chi connectivity index (χ0v) is 16.3. The first kappa shape index (κ1) is 19.6. The Labute approximate surface area is 162 Å². The molecular formula is C22H32N2O3. The molecule has 1 aliphatic carbocycles. The van der Waals surface area contributed by atoms with E-state index in [1.54, 1.807) is 0 Å². The summed E-state index contributed by atoms with van der Waals surface area (Å²) in [6.45, 7) is 8.21. The SMILES string of the molecule is C=C(OCC)C1(CO/C(=C/N)Nc2ccccc2)CCC2(CCCO2)CC1. The van der Waals surface area contributed by atoms with E-state index in [9.17, 15) is 0 Å². The van der Waals surface area contributed by atoms with Crippen molar-refractivity contribution in [1.82, 2.24) is 0 Å². The van der Waals surface area contributed by atoms with Gasteiger partial charge in [-0.1, -0.05) is 24.8 Å². The third-order valence-corrected chi connectivity index (χ3v) is 5.91. The monoisotopic (exact) mass is 372 g/mol. The lowest BCUT2D eigenvalue weighted by Crippen LogP contribution is -2.42. The van der Waals surface area contributed by atoms with Crippen LogP contribution in [0.4, 0.5) is 5.69 Å². The number of nitrogens with one attached hydrogen (secondary N) is 1. The van der Waals surface area contributed by atoms with Crippen LogP contribution in [0.3, 0.4) is 0 Å². The molecule has 1 saturated heterocycles. The Morgan fingerprint density at radius 1 is 1.19 bits per heavy atom. The van der Waals surface area contributed by atoms with Gasteiger partial charge in [0.1, 0.15) is 6.61 Å². The lowest BCUT2D eigenvalue weighted by molar-refractivity contribution is -0.0706. The summed E-state index contributed by atoms with van der Waals surface area (Å²) in [5, 5.41) is 3.22. The Hall–Kier alpha value is -2.14. The van der Waals surface area contributed by atoms with Gasteiger partial charge in [-0.05, 0) is 57.6 Å². The van der Waals surface area contributed by atoms with Gasteiger partial charge >= 0.3 is 0 Å². The average Bonchev–Trinajstić information content (AvgIpc) is 3.16. The van der Waals surface area contributed by atoms with E-state index in [2.05, 4.69) is 11.9 Å². The maximum atomic E-state index is 6.10. The quantitative estimate of drug-likeness (QED) is 0.656. The van der Waals surface area contributed by atoms with Crippen LogP contribution in [0, 0.1) is 5.41 Å². The van der Waals surface area contributed by atoms with Gasteiger partial charge in [0.15, 0.2) is 0 Å². The van der Waals surface area contributed by atoms with Crippen LogP contribution in [0.25, 0.3) is 0 Å². The van der Waals surface area contributed by atoms with Crippen molar-refractivity contribution in [2.75, 3.05) is 25.1 Å². The highest BCUT2D eigenvalue weighted by Crippen LogP contribution is 2.50. The molecular weight excluding hydrogens is 340 g/mol. The Morgan fingerprint density at radius 2 is 1.93 bits per heavy atom. The number of hydrogen-bond acceptors (Lipinski definition) is 5. The fourth-order valence-electron chi connectivity index (χ4n) is 4.17. The highest BCUT2D eigenvalue weighted by molar-refractivity contribution is 5.46. The van der Waals surface area contributed by atoms with E-state index in [1.165, 1.54) is 6.20 Å². The topological polar surface area (TPSA) is 65.7 Å². The number of para-hydroxylation sites is 1. The lowest BCUT2D eigenvalue weighted by Gasteiger charge is -2.44. The van der Waals surface area contributed by atoms with Crippen molar-refractivity contribution in [1.29, 1.82) is 0 Å². The van der Waals surface area contributed by atoms with Gasteiger partial charge in [-0.3, -0.25) is 0 Å². The van der Waals surface area contributed by atoms with E-state index in [0.717, 1.165) is 56.6 Å². The maximum Gasteiger partial charge on any atom is 0.207 e. The predicted molar refractivity (Wildman–Crippen MR) is 108 cm³/mol. The van der Waals surface area contributed by atoms with Gasteiger partial charge in [-0.15, -0.1) is 0 Å². The van der Waals surface area contributed by atoms with Gasteiger partial charge in [-0.2, -0.15) is 0 Å². The Morgan fingerprint density at radius 3 is 2.52 bits per heavy atom. The lowest BCUT2D eigenvalue weighted by atomic mass is 9.67. The summed E-state index contributed by atoms with van der Waals surface area (Å²) < 4.78 is 18.0. The summed E-state index contributed by atoms with van der Waals surface area (Å²) in [6, 6.07) is 9.86. The molecule has 1 aliphatic heterocycles. The molecule has 2 fully saturated rings. The van der Waals surface area contributed by atoms with E-state index in [4.69, 9.17) is 19.9 Å². The van der Waals surface area contributed by atoms with Crippen LogP contribution in [-0.2, 0) is 14.2 Å². The highest BCUT2D eigenvalue weighted by Gasteiger charge is 2.47. The first-order chi connectivity index (χ1) is 13.1. The van der Waals surface area contributed by atoms with Crippen LogP contribution in [0.5, 0.6) is 0 Å². The Bertz CT molecular complexity index is 641. The van der Waals surface area contributed by atoms with Gasteiger partial charge in [0, 0.05) is 12.3 Å². The largest absolute Gasteiger partial charge is 0.498 e. The van der Waals surface area contributed by atoms with Gasteiger partial charge in [-0.25, -0.2) is 0 Å². The first-order valence-corrected chi connectivity index (χ1v) is 9.94. The highest BCUT2D eigenvalue weighted by atomic mass is 16.5. The van der Waals surface area contributed by atoms with Crippen LogP contribution >= 0.6 is 0 Å². The zero-order chi connectivity index (χ0) is 19.2. The van der Waals surface area contributed by atoms with Gasteiger partial charge < -0.3 is 25.3 Å². The Kier molecular flexibility index (Phi) is 6.32. The Balaban J connectivity index is 1.66. The fraction of sp³-hybridized carbons (Fsp3) is 0.545. The molecule has 0 bridgehead atoms. The minimum Gasteiger partial charge on any atom is -0.498 e. The summed E-state index contributed by atoms with van der Waals surface area (Å²) in [4.78, 5) is 0. The molecule has 3 rings (SSSR count). The van der Waals surface area contributed by atoms with Crippen molar-refractivity contribution in [2.24, 2.45) is 11.1 Å². The summed E-state index contributed by atoms with van der Waals surface area (Å²) in [6.07, 6.45) is 7.75. The van der Waals surface area contributed by atoms with Crippen molar-refractivity contribution in [2.45, 2.75) is 51.0 Å². The van der Waals surface area contributed by atoms with Crippen LogP contribution in [-0.4, -0.2) is 25.4 Å². The molecule has 148 valence electrons. The number of nitrogens with two attached hydrogens (primary N) is 1. The van der Waals surface area contributed by atoms with Crippen LogP contribution < -0.4 is 11.1 Å². The van der Waals surface area contributed by atoms with E-state index in [0.29, 0.717) is 19.1 Å². The van der Waals surface area contributed by atoms with Crippen molar-refractivity contribution in [3.05, 3.63) is 54.8 Å². The van der Waals surface area contributed by atoms with Crippen LogP contribution in [0.2, 0.25) is 0 Å². The second kappa shape index (κ2) is 8.70. The van der Waals surface area contributed by atoms with Gasteiger partial charge in [0.25, 0.3) is 0 Å². The number of benzene rings is 1. The minimum absolute atomic E-state index is 0.0603. The molecule has 0 amide bonds. The molecule has 1 aromatic rings. The van der Waals surface area contributed by atoms with Crippen molar-refractivity contribution < 1.29 is 14.2 Å². The molecule has 2 aliphatic rings. The number of rotatable bonds is 8. The fourth-order valence-corrected chi connectivity index (χ4v) is 4.17. The number of hydrogen-bond donors (Lipinski definition) is 2. The predicted octanol–water partition coefficient (Wildman–Crippen LogP) is 4.53. The summed E-state index contributed by atoms with van der Waals surface area (Å²) in [7, 11) is 0. The first-order valence-electron chi connectivity index (χ1n) is 9.94. The molecule has 1 spiro atoms. The standard InChI is InChI=1S/C22H32N2O3/c1-3-25-18(2)21(11-13-22(14-12-21)10-7-15-27-22)17-26-20(16-23)24-19-8-5-4-6-9-19/h4-6,8-9,16,24H,2-3,7,10-15,17,23H2,1H3/b20-16+. The smallest absolute Gasteiger partial charge is 0.207 e. The molecule has 0 atom stereocenters. The minimum atomic E-state index is -0.208. The number of ether oxygens (including phenoxy) is 3. The molecule has 1 saturated carbocycles. The maximum absolute atomic E-state index is 6.10. The van der Waals surface area contributed by atoms with Crippen molar-refractivity contribution in [3.63, 3.8) is 0 Å². The number of anilines is 1. The molecule has 0 aromatic heterocycles. The molecule has 0 unspecified atom stereocenters. The molecule has 3 N–H and O–H groups in total. The zero-order valence-electron chi connectivity index (χ0n) is 16.3. The third kappa shape index (κ3) is 4.59. The second-order valence-corrected chi connectivity index (χ2v) is 7.58. The summed E-state index contributed by atoms with van der Waals surface area (Å²) >= 11 is 0.